The molecule has 27 heavy (non-hydrogen) atoms. The molecule has 0 aliphatic heterocycles. The van der Waals surface area contributed by atoms with E-state index in [2.05, 4.69) is 6.92 Å². The molecule has 0 radical (unpaired) electrons. The van der Waals surface area contributed by atoms with Crippen molar-refractivity contribution in [2.24, 2.45) is 0 Å². The second-order valence-electron chi connectivity index (χ2n) is 6.68. The van der Waals surface area contributed by atoms with Crippen LogP contribution < -0.4 is 0 Å². The number of esters is 1. The fourth-order valence-electron chi connectivity index (χ4n) is 3.42. The van der Waals surface area contributed by atoms with Crippen LogP contribution in [-0.4, -0.2) is 32.3 Å². The summed E-state index contributed by atoms with van der Waals surface area (Å²) in [5, 5.41) is 0.834. The van der Waals surface area contributed by atoms with Crippen LogP contribution in [0.2, 0.25) is 0 Å². The van der Waals surface area contributed by atoms with Gasteiger partial charge in [-0.1, -0.05) is 25.5 Å². The Hall–Kier alpha value is -2.60. The maximum absolute atomic E-state index is 12.4. The quantitative estimate of drug-likeness (QED) is 0.621. The number of sulfone groups is 1. The van der Waals surface area contributed by atoms with E-state index in [1.54, 1.807) is 24.3 Å². The molecule has 0 amide bonds. The first-order chi connectivity index (χ1) is 12.8. The average molecular weight is 385 g/mol. The van der Waals surface area contributed by atoms with Gasteiger partial charge >= 0.3 is 5.97 Å². The number of carbonyl (C=O) groups is 1. The van der Waals surface area contributed by atoms with Gasteiger partial charge in [-0.2, -0.15) is 0 Å². The molecule has 0 spiro atoms. The molecular weight excluding hydrogens is 362 g/mol. The van der Waals surface area contributed by atoms with Gasteiger partial charge in [0.05, 0.1) is 28.8 Å². The van der Waals surface area contributed by atoms with Crippen LogP contribution in [0.5, 0.6) is 0 Å². The largest absolute Gasteiger partial charge is 0.465 e. The number of ether oxygens (including phenoxy) is 1. The highest BCUT2D eigenvalue weighted by molar-refractivity contribution is 7.90. The second-order valence-corrected chi connectivity index (χ2v) is 8.69. The van der Waals surface area contributed by atoms with Crippen molar-refractivity contribution >= 4 is 26.7 Å². The molecule has 1 aromatic heterocycles. The fourth-order valence-corrected chi connectivity index (χ4v) is 4.07. The number of para-hydroxylation sites is 1. The Morgan fingerprint density at radius 1 is 1.15 bits per heavy atom. The molecule has 0 atom stereocenters. The summed E-state index contributed by atoms with van der Waals surface area (Å²) < 4.78 is 30.9. The van der Waals surface area contributed by atoms with E-state index in [1.165, 1.54) is 13.4 Å². The molecule has 0 aliphatic rings. The first-order valence-electron chi connectivity index (χ1n) is 8.80. The average Bonchev–Trinajstić information content (AvgIpc) is 2.97. The van der Waals surface area contributed by atoms with E-state index in [0.717, 1.165) is 40.7 Å². The molecule has 0 unspecified atom stereocenters. The minimum Gasteiger partial charge on any atom is -0.465 e. The van der Waals surface area contributed by atoms with Gasteiger partial charge < -0.3 is 9.30 Å². The van der Waals surface area contributed by atoms with E-state index in [1.807, 2.05) is 29.7 Å². The van der Waals surface area contributed by atoms with Crippen LogP contribution in [0, 0.1) is 6.92 Å². The lowest BCUT2D eigenvalue weighted by Crippen LogP contribution is -2.11. The van der Waals surface area contributed by atoms with Crippen molar-refractivity contribution in [1.82, 2.24) is 4.57 Å². The number of methoxy groups -OCH3 is 1. The molecule has 1 heterocycles. The minimum absolute atomic E-state index is 0.285. The molecule has 142 valence electrons. The highest BCUT2D eigenvalue weighted by Crippen LogP contribution is 2.31. The summed E-state index contributed by atoms with van der Waals surface area (Å²) in [5.41, 5.74) is 4.09. The summed E-state index contributed by atoms with van der Waals surface area (Å²) in [7, 11) is -1.92. The van der Waals surface area contributed by atoms with Gasteiger partial charge in [-0.3, -0.25) is 0 Å². The highest BCUT2D eigenvalue weighted by atomic mass is 32.2. The normalized spacial score (nSPS) is 11.7. The first-order valence-corrected chi connectivity index (χ1v) is 10.7. The molecule has 0 saturated heterocycles. The molecule has 2 aromatic carbocycles. The van der Waals surface area contributed by atoms with Gasteiger partial charge in [0.1, 0.15) is 0 Å². The first kappa shape index (κ1) is 19.2. The second kappa shape index (κ2) is 7.19. The minimum atomic E-state index is -3.29. The Labute approximate surface area is 159 Å². The Morgan fingerprint density at radius 2 is 1.89 bits per heavy atom. The van der Waals surface area contributed by atoms with Crippen LogP contribution in [0.15, 0.2) is 47.4 Å². The number of aromatic nitrogens is 1. The van der Waals surface area contributed by atoms with Gasteiger partial charge in [-0.15, -0.1) is 0 Å². The van der Waals surface area contributed by atoms with Crippen LogP contribution in [-0.2, 0) is 21.0 Å². The number of carbonyl (C=O) groups excluding carboxylic acids is 1. The number of nitrogens with zero attached hydrogens (tertiary/aromatic N) is 1. The molecular formula is C21H23NO4S. The maximum atomic E-state index is 12.4. The van der Waals surface area contributed by atoms with Crippen LogP contribution in [0.4, 0.5) is 0 Å². The lowest BCUT2D eigenvalue weighted by Gasteiger charge is -2.17. The SMILES string of the molecule is CCCc1cc2cc(S(C)(=O)=O)ccc2n1-c1c(C)cccc1C(=O)OC. The number of fused-ring (bicyclic) bond motifs is 1. The molecule has 3 rings (SSSR count). The third-order valence-electron chi connectivity index (χ3n) is 4.65. The summed E-state index contributed by atoms with van der Waals surface area (Å²) in [5.74, 6) is -0.397. The number of hydrogen-bond acceptors (Lipinski definition) is 4. The smallest absolute Gasteiger partial charge is 0.340 e. The van der Waals surface area contributed by atoms with Crippen LogP contribution in [0.1, 0.15) is 35.0 Å². The van der Waals surface area contributed by atoms with Gasteiger partial charge in [0, 0.05) is 17.3 Å². The third-order valence-corrected chi connectivity index (χ3v) is 5.76. The van der Waals surface area contributed by atoms with Gasteiger partial charge in [0.25, 0.3) is 0 Å². The van der Waals surface area contributed by atoms with Crippen molar-refractivity contribution in [3.63, 3.8) is 0 Å². The zero-order valence-corrected chi connectivity index (χ0v) is 16.8. The van der Waals surface area contributed by atoms with Gasteiger partial charge in [-0.05, 0) is 49.2 Å². The number of benzene rings is 2. The van der Waals surface area contributed by atoms with E-state index in [9.17, 15) is 13.2 Å². The maximum Gasteiger partial charge on any atom is 0.340 e. The third kappa shape index (κ3) is 3.49. The van der Waals surface area contributed by atoms with E-state index in [4.69, 9.17) is 4.74 Å². The monoisotopic (exact) mass is 385 g/mol. The number of rotatable bonds is 5. The predicted octanol–water partition coefficient (Wildman–Crippen LogP) is 4.08. The van der Waals surface area contributed by atoms with E-state index >= 15 is 0 Å². The van der Waals surface area contributed by atoms with E-state index < -0.39 is 15.8 Å². The molecule has 0 fully saturated rings. The molecule has 5 nitrogen and oxygen atoms in total. The lowest BCUT2D eigenvalue weighted by atomic mass is 10.1. The Morgan fingerprint density at radius 3 is 2.52 bits per heavy atom. The van der Waals surface area contributed by atoms with Gasteiger partial charge in [-0.25, -0.2) is 13.2 Å². The van der Waals surface area contributed by atoms with Crippen LogP contribution in [0.25, 0.3) is 16.6 Å². The highest BCUT2D eigenvalue weighted by Gasteiger charge is 2.20. The Balaban J connectivity index is 2.38. The van der Waals surface area contributed by atoms with E-state index in [0.29, 0.717) is 5.56 Å². The fraction of sp³-hybridized carbons (Fsp3) is 0.286. The topological polar surface area (TPSA) is 65.4 Å². The van der Waals surface area contributed by atoms with E-state index in [-0.39, 0.29) is 4.90 Å². The summed E-state index contributed by atoms with van der Waals surface area (Å²) in [6.45, 7) is 4.04. The van der Waals surface area contributed by atoms with Crippen molar-refractivity contribution in [3.8, 4) is 5.69 Å². The van der Waals surface area contributed by atoms with Crippen molar-refractivity contribution in [3.05, 3.63) is 59.3 Å². The van der Waals surface area contributed by atoms with Crippen molar-refractivity contribution in [1.29, 1.82) is 0 Å². The summed E-state index contributed by atoms with van der Waals surface area (Å²) in [6, 6.07) is 12.6. The Bertz CT molecular complexity index is 1130. The van der Waals surface area contributed by atoms with Crippen LogP contribution >= 0.6 is 0 Å². The molecule has 0 bridgehead atoms. The van der Waals surface area contributed by atoms with Crippen molar-refractivity contribution in [2.75, 3.05) is 13.4 Å². The number of hydrogen-bond donors (Lipinski definition) is 0. The van der Waals surface area contributed by atoms with Crippen LogP contribution in [0.3, 0.4) is 0 Å². The summed E-state index contributed by atoms with van der Waals surface area (Å²) in [6.07, 6.45) is 2.93. The van der Waals surface area contributed by atoms with Gasteiger partial charge in [0.15, 0.2) is 9.84 Å². The molecule has 6 heteroatoms. The van der Waals surface area contributed by atoms with Crippen molar-refractivity contribution in [2.45, 2.75) is 31.6 Å². The summed E-state index contributed by atoms with van der Waals surface area (Å²) >= 11 is 0. The zero-order valence-electron chi connectivity index (χ0n) is 15.9. The predicted molar refractivity (Wildman–Crippen MR) is 106 cm³/mol. The van der Waals surface area contributed by atoms with Crippen molar-refractivity contribution < 1.29 is 17.9 Å². The standard InChI is InChI=1S/C21H23NO4S/c1-5-7-16-12-15-13-17(27(4,24)25)10-11-19(15)22(16)20-14(2)8-6-9-18(20)21(23)26-3/h6,8-13H,5,7H2,1-4H3. The lowest BCUT2D eigenvalue weighted by molar-refractivity contribution is 0.0600. The summed E-state index contributed by atoms with van der Waals surface area (Å²) in [4.78, 5) is 12.6. The van der Waals surface area contributed by atoms with Gasteiger partial charge in [0.2, 0.25) is 0 Å². The molecule has 0 N–H and O–H groups in total. The zero-order chi connectivity index (χ0) is 19.8. The number of aryl methyl sites for hydroxylation is 2. The molecule has 0 saturated carbocycles. The molecule has 0 aliphatic carbocycles. The molecule has 3 aromatic rings. The Kier molecular flexibility index (Phi) is 5.11.